The van der Waals surface area contributed by atoms with Gasteiger partial charge < -0.3 is 0 Å². The van der Waals surface area contributed by atoms with E-state index < -0.39 is 0 Å². The lowest BCUT2D eigenvalue weighted by Crippen LogP contribution is -1.81. The molecule has 0 aliphatic heterocycles. The van der Waals surface area contributed by atoms with E-state index in [1.54, 1.807) is 0 Å². The van der Waals surface area contributed by atoms with Crippen molar-refractivity contribution in [2.24, 2.45) is 0 Å². The molecule has 0 N–H and O–H groups in total. The van der Waals surface area contributed by atoms with Crippen LogP contribution >= 0.6 is 0 Å². The zero-order valence-electron chi connectivity index (χ0n) is 9.49. The zero-order valence-corrected chi connectivity index (χ0v) is 9.49. The maximum absolute atomic E-state index is 7.17. The summed E-state index contributed by atoms with van der Waals surface area (Å²) >= 11 is 0. The normalized spacial score (nSPS) is 9.81. The van der Waals surface area contributed by atoms with Crippen molar-refractivity contribution in [3.8, 4) is 11.1 Å². The Bertz CT molecular complexity index is 545. The molecule has 0 heterocycles. The first-order chi connectivity index (χ1) is 7.70. The molecule has 2 aromatic carbocycles. The first-order valence-corrected chi connectivity index (χ1v) is 5.26. The van der Waals surface area contributed by atoms with Crippen LogP contribution in [0.1, 0.15) is 11.1 Å². The Hall–Kier alpha value is -2.07. The highest BCUT2D eigenvalue weighted by atomic mass is 14.6. The van der Waals surface area contributed by atoms with Gasteiger partial charge in [-0.1, -0.05) is 53.6 Å². The van der Waals surface area contributed by atoms with Crippen LogP contribution in [0.4, 0.5) is 5.69 Å². The largest absolute Gasteiger partial charge is 0.238 e. The van der Waals surface area contributed by atoms with E-state index in [4.69, 9.17) is 6.57 Å². The lowest BCUT2D eigenvalue weighted by atomic mass is 10.0. The van der Waals surface area contributed by atoms with E-state index in [0.29, 0.717) is 0 Å². The van der Waals surface area contributed by atoms with Crippen LogP contribution in [0.3, 0.4) is 0 Å². The van der Waals surface area contributed by atoms with Gasteiger partial charge in [0.2, 0.25) is 0 Å². The van der Waals surface area contributed by atoms with E-state index in [2.05, 4.69) is 42.1 Å². The minimum absolute atomic E-state index is 0.717. The minimum atomic E-state index is 0.717. The SMILES string of the molecule is [C-]#[N+]c1ccc(C)cc1-c1ccc(C)cc1. The summed E-state index contributed by atoms with van der Waals surface area (Å²) in [5.74, 6) is 0. The van der Waals surface area contributed by atoms with Crippen LogP contribution in [0, 0.1) is 20.4 Å². The van der Waals surface area contributed by atoms with E-state index in [9.17, 15) is 0 Å². The fraction of sp³-hybridized carbons (Fsp3) is 0.133. The van der Waals surface area contributed by atoms with Gasteiger partial charge in [-0.2, -0.15) is 0 Å². The van der Waals surface area contributed by atoms with Crippen molar-refractivity contribution < 1.29 is 0 Å². The van der Waals surface area contributed by atoms with Gasteiger partial charge in [-0.15, -0.1) is 0 Å². The number of nitrogens with zero attached hydrogens (tertiary/aromatic N) is 1. The Balaban J connectivity index is 2.59. The van der Waals surface area contributed by atoms with E-state index >= 15 is 0 Å². The van der Waals surface area contributed by atoms with Gasteiger partial charge in [0.25, 0.3) is 0 Å². The molecule has 0 radical (unpaired) electrons. The Labute approximate surface area is 96.2 Å². The van der Waals surface area contributed by atoms with Crippen molar-refractivity contribution in [2.75, 3.05) is 0 Å². The predicted molar refractivity (Wildman–Crippen MR) is 67.6 cm³/mol. The van der Waals surface area contributed by atoms with E-state index in [1.165, 1.54) is 11.1 Å². The second-order valence-electron chi connectivity index (χ2n) is 4.00. The highest BCUT2D eigenvalue weighted by Crippen LogP contribution is 2.31. The first kappa shape index (κ1) is 10.4. The summed E-state index contributed by atoms with van der Waals surface area (Å²) in [7, 11) is 0. The van der Waals surface area contributed by atoms with E-state index in [0.717, 1.165) is 16.8 Å². The maximum atomic E-state index is 7.17. The molecule has 1 nitrogen and oxygen atoms in total. The van der Waals surface area contributed by atoms with Crippen molar-refractivity contribution in [1.29, 1.82) is 0 Å². The number of aryl methyl sites for hydroxylation is 2. The molecule has 0 atom stereocenters. The third-order valence-electron chi connectivity index (χ3n) is 2.64. The van der Waals surface area contributed by atoms with Crippen molar-refractivity contribution >= 4 is 5.69 Å². The fourth-order valence-electron chi connectivity index (χ4n) is 1.71. The van der Waals surface area contributed by atoms with Gasteiger partial charge in [-0.05, 0) is 25.0 Å². The molecule has 1 heteroatoms. The Morgan fingerprint density at radius 3 is 2.12 bits per heavy atom. The molecule has 0 saturated heterocycles. The van der Waals surface area contributed by atoms with Crippen molar-refractivity contribution in [2.45, 2.75) is 13.8 Å². The van der Waals surface area contributed by atoms with Crippen molar-refractivity contribution in [1.82, 2.24) is 0 Å². The number of hydrogen-bond donors (Lipinski definition) is 0. The Kier molecular flexibility index (Phi) is 2.74. The standard InChI is InChI=1S/C15H13N/c1-11-4-7-13(8-5-11)14-10-12(2)6-9-15(14)16-3/h4-10H,1-2H3. The molecule has 0 saturated carbocycles. The second-order valence-corrected chi connectivity index (χ2v) is 4.00. The second kappa shape index (κ2) is 4.20. The van der Waals surface area contributed by atoms with Gasteiger partial charge in [-0.3, -0.25) is 0 Å². The molecule has 0 aliphatic carbocycles. The predicted octanol–water partition coefficient (Wildman–Crippen LogP) is 4.52. The van der Waals surface area contributed by atoms with Gasteiger partial charge in [0, 0.05) is 0 Å². The van der Waals surface area contributed by atoms with Crippen LogP contribution < -0.4 is 0 Å². The monoisotopic (exact) mass is 207 g/mol. The van der Waals surface area contributed by atoms with Crippen molar-refractivity contribution in [3.05, 3.63) is 65.0 Å². The van der Waals surface area contributed by atoms with Crippen LogP contribution in [0.5, 0.6) is 0 Å². The molecular formula is C15H13N. The molecule has 16 heavy (non-hydrogen) atoms. The van der Waals surface area contributed by atoms with Gasteiger partial charge >= 0.3 is 0 Å². The lowest BCUT2D eigenvalue weighted by Gasteiger charge is -2.06. The lowest BCUT2D eigenvalue weighted by molar-refractivity contribution is 1.45. The summed E-state index contributed by atoms with van der Waals surface area (Å²) in [4.78, 5) is 3.56. The fourth-order valence-corrected chi connectivity index (χ4v) is 1.71. The molecule has 0 spiro atoms. The number of hydrogen-bond acceptors (Lipinski definition) is 0. The number of benzene rings is 2. The molecule has 0 unspecified atom stereocenters. The van der Waals surface area contributed by atoms with Crippen LogP contribution in [0.15, 0.2) is 42.5 Å². The summed E-state index contributed by atoms with van der Waals surface area (Å²) in [6.45, 7) is 11.3. The Morgan fingerprint density at radius 1 is 0.875 bits per heavy atom. The summed E-state index contributed by atoms with van der Waals surface area (Å²) in [5, 5.41) is 0. The van der Waals surface area contributed by atoms with Crippen molar-refractivity contribution in [3.63, 3.8) is 0 Å². The van der Waals surface area contributed by atoms with Crippen LogP contribution in [0.25, 0.3) is 16.0 Å². The Morgan fingerprint density at radius 2 is 1.50 bits per heavy atom. The average Bonchev–Trinajstić information content (AvgIpc) is 2.30. The maximum Gasteiger partial charge on any atom is 0.194 e. The van der Waals surface area contributed by atoms with Gasteiger partial charge in [0.15, 0.2) is 5.69 Å². The van der Waals surface area contributed by atoms with Gasteiger partial charge in [0.05, 0.1) is 6.57 Å². The van der Waals surface area contributed by atoms with Crippen LogP contribution in [-0.4, -0.2) is 0 Å². The van der Waals surface area contributed by atoms with Crippen LogP contribution in [0.2, 0.25) is 0 Å². The zero-order chi connectivity index (χ0) is 11.5. The highest BCUT2D eigenvalue weighted by molar-refractivity contribution is 5.79. The first-order valence-electron chi connectivity index (χ1n) is 5.26. The number of rotatable bonds is 1. The molecule has 2 aromatic rings. The molecule has 0 fully saturated rings. The smallest absolute Gasteiger partial charge is 0.194 e. The topological polar surface area (TPSA) is 4.36 Å². The average molecular weight is 207 g/mol. The van der Waals surface area contributed by atoms with Crippen LogP contribution in [-0.2, 0) is 0 Å². The summed E-state index contributed by atoms with van der Waals surface area (Å²) in [5.41, 5.74) is 5.27. The summed E-state index contributed by atoms with van der Waals surface area (Å²) < 4.78 is 0. The molecule has 0 aromatic heterocycles. The van der Waals surface area contributed by atoms with E-state index in [1.807, 2.05) is 19.1 Å². The molecule has 0 amide bonds. The highest BCUT2D eigenvalue weighted by Gasteiger charge is 2.04. The van der Waals surface area contributed by atoms with Gasteiger partial charge in [0.1, 0.15) is 0 Å². The molecule has 0 aliphatic rings. The summed E-state index contributed by atoms with van der Waals surface area (Å²) in [6, 6.07) is 14.2. The molecule has 78 valence electrons. The van der Waals surface area contributed by atoms with E-state index in [-0.39, 0.29) is 0 Å². The molecule has 0 bridgehead atoms. The summed E-state index contributed by atoms with van der Waals surface area (Å²) in [6.07, 6.45) is 0. The quantitative estimate of drug-likeness (QED) is 0.605. The third-order valence-corrected chi connectivity index (χ3v) is 2.64. The minimum Gasteiger partial charge on any atom is -0.238 e. The molecular weight excluding hydrogens is 194 g/mol. The third kappa shape index (κ3) is 1.97. The van der Waals surface area contributed by atoms with Gasteiger partial charge in [-0.25, -0.2) is 4.85 Å². The molecule has 2 rings (SSSR count).